The number of piperidine rings is 1. The average molecular weight is 429 g/mol. The van der Waals surface area contributed by atoms with Crippen molar-refractivity contribution in [2.24, 2.45) is 0 Å². The monoisotopic (exact) mass is 428 g/mol. The third kappa shape index (κ3) is 4.37. The SMILES string of the molecule is Cc1sc2nc(CN3CCCC3)nc(N3CCC(OC4CCCCC4)CC3)c2c1C. The Balaban J connectivity index is 1.33. The summed E-state index contributed by atoms with van der Waals surface area (Å²) in [6, 6.07) is 0. The van der Waals surface area contributed by atoms with E-state index in [-0.39, 0.29) is 0 Å². The molecule has 6 heteroatoms. The highest BCUT2D eigenvalue weighted by Crippen LogP contribution is 2.36. The fraction of sp³-hybridized carbons (Fsp3) is 0.750. The van der Waals surface area contributed by atoms with E-state index in [0.717, 1.165) is 38.3 Å². The minimum atomic E-state index is 0.427. The van der Waals surface area contributed by atoms with Crippen molar-refractivity contribution in [3.8, 4) is 0 Å². The van der Waals surface area contributed by atoms with Crippen molar-refractivity contribution in [2.45, 2.75) is 90.4 Å². The lowest BCUT2D eigenvalue weighted by Gasteiger charge is -2.36. The number of aromatic nitrogens is 2. The molecule has 0 N–H and O–H groups in total. The molecule has 2 saturated heterocycles. The van der Waals surface area contributed by atoms with Crippen molar-refractivity contribution in [1.29, 1.82) is 0 Å². The Bertz CT molecular complexity index is 862. The van der Waals surface area contributed by atoms with Crippen molar-refractivity contribution >= 4 is 27.4 Å². The predicted octanol–water partition coefficient (Wildman–Crippen LogP) is 5.22. The van der Waals surface area contributed by atoms with E-state index in [9.17, 15) is 0 Å². The molecule has 0 unspecified atom stereocenters. The van der Waals surface area contributed by atoms with Gasteiger partial charge in [0.15, 0.2) is 0 Å². The molecule has 5 rings (SSSR count). The lowest BCUT2D eigenvalue weighted by atomic mass is 9.97. The first-order chi connectivity index (χ1) is 14.7. The van der Waals surface area contributed by atoms with E-state index in [1.54, 1.807) is 0 Å². The van der Waals surface area contributed by atoms with E-state index in [2.05, 4.69) is 23.6 Å². The van der Waals surface area contributed by atoms with Crippen LogP contribution < -0.4 is 4.90 Å². The Kier molecular flexibility index (Phi) is 6.26. The molecule has 164 valence electrons. The van der Waals surface area contributed by atoms with Crippen LogP contribution in [-0.4, -0.2) is 53.3 Å². The maximum absolute atomic E-state index is 6.48. The standard InChI is InChI=1S/C24H36N4OS/c1-17-18(2)30-24-22(17)23(25-21(26-24)16-27-12-6-7-13-27)28-14-10-20(11-15-28)29-19-8-4-3-5-9-19/h19-20H,3-16H2,1-2H3. The third-order valence-electron chi connectivity index (χ3n) is 7.30. The molecule has 5 nitrogen and oxygen atoms in total. The molecule has 3 aliphatic rings. The van der Waals surface area contributed by atoms with Gasteiger partial charge in [0, 0.05) is 18.0 Å². The molecule has 2 aromatic heterocycles. The van der Waals surface area contributed by atoms with Crippen molar-refractivity contribution in [1.82, 2.24) is 14.9 Å². The van der Waals surface area contributed by atoms with E-state index >= 15 is 0 Å². The summed E-state index contributed by atoms with van der Waals surface area (Å²) in [7, 11) is 0. The summed E-state index contributed by atoms with van der Waals surface area (Å²) in [6.07, 6.45) is 12.4. The molecule has 0 bridgehead atoms. The van der Waals surface area contributed by atoms with Gasteiger partial charge in [0.25, 0.3) is 0 Å². The minimum Gasteiger partial charge on any atom is -0.375 e. The third-order valence-corrected chi connectivity index (χ3v) is 8.40. The van der Waals surface area contributed by atoms with Gasteiger partial charge in [0.2, 0.25) is 0 Å². The van der Waals surface area contributed by atoms with Gasteiger partial charge in [-0.15, -0.1) is 11.3 Å². The highest BCUT2D eigenvalue weighted by Gasteiger charge is 2.27. The van der Waals surface area contributed by atoms with E-state index in [1.807, 2.05) is 11.3 Å². The zero-order valence-electron chi connectivity index (χ0n) is 18.7. The molecule has 1 saturated carbocycles. The smallest absolute Gasteiger partial charge is 0.146 e. The number of hydrogen-bond donors (Lipinski definition) is 0. The summed E-state index contributed by atoms with van der Waals surface area (Å²) in [5.41, 5.74) is 1.36. The first-order valence-electron chi connectivity index (χ1n) is 12.1. The highest BCUT2D eigenvalue weighted by atomic mass is 32.1. The minimum absolute atomic E-state index is 0.427. The molecule has 4 heterocycles. The molecule has 0 amide bonds. The summed E-state index contributed by atoms with van der Waals surface area (Å²) in [5.74, 6) is 2.17. The van der Waals surface area contributed by atoms with Gasteiger partial charge in [-0.25, -0.2) is 9.97 Å². The van der Waals surface area contributed by atoms with Crippen molar-refractivity contribution in [3.63, 3.8) is 0 Å². The van der Waals surface area contributed by atoms with Gasteiger partial charge in [-0.3, -0.25) is 4.90 Å². The molecular formula is C24H36N4OS. The number of ether oxygens (including phenoxy) is 1. The second-order valence-electron chi connectivity index (χ2n) is 9.49. The number of hydrogen-bond acceptors (Lipinski definition) is 6. The lowest BCUT2D eigenvalue weighted by Crippen LogP contribution is -2.39. The Morgan fingerprint density at radius 3 is 2.30 bits per heavy atom. The molecule has 2 aromatic rings. The van der Waals surface area contributed by atoms with E-state index in [4.69, 9.17) is 14.7 Å². The molecule has 0 radical (unpaired) electrons. The van der Waals surface area contributed by atoms with Gasteiger partial charge in [-0.1, -0.05) is 19.3 Å². The van der Waals surface area contributed by atoms with Crippen LogP contribution in [0.5, 0.6) is 0 Å². The fourth-order valence-corrected chi connectivity index (χ4v) is 6.43. The number of rotatable bonds is 5. The van der Waals surface area contributed by atoms with Crippen LogP contribution in [0.25, 0.3) is 10.2 Å². The number of thiophene rings is 1. The Morgan fingerprint density at radius 1 is 0.867 bits per heavy atom. The van der Waals surface area contributed by atoms with Crippen LogP contribution in [0.2, 0.25) is 0 Å². The Hall–Kier alpha value is -1.24. The molecule has 30 heavy (non-hydrogen) atoms. The van der Waals surface area contributed by atoms with Crippen LogP contribution in [0.4, 0.5) is 5.82 Å². The summed E-state index contributed by atoms with van der Waals surface area (Å²) in [5, 5.41) is 1.29. The van der Waals surface area contributed by atoms with E-state index in [0.29, 0.717) is 12.2 Å². The summed E-state index contributed by atoms with van der Waals surface area (Å²) in [6.45, 7) is 9.80. The van der Waals surface area contributed by atoms with Gasteiger partial charge in [-0.05, 0) is 71.0 Å². The highest BCUT2D eigenvalue weighted by molar-refractivity contribution is 7.18. The largest absolute Gasteiger partial charge is 0.375 e. The quantitative estimate of drug-likeness (QED) is 0.653. The second-order valence-corrected chi connectivity index (χ2v) is 10.7. The summed E-state index contributed by atoms with van der Waals surface area (Å²) in [4.78, 5) is 17.7. The van der Waals surface area contributed by atoms with E-state index < -0.39 is 0 Å². The summed E-state index contributed by atoms with van der Waals surface area (Å²) >= 11 is 1.83. The molecule has 0 aromatic carbocycles. The van der Waals surface area contributed by atoms with Gasteiger partial charge < -0.3 is 9.64 Å². The van der Waals surface area contributed by atoms with Gasteiger partial charge in [0.1, 0.15) is 16.5 Å². The van der Waals surface area contributed by atoms with Gasteiger partial charge >= 0.3 is 0 Å². The predicted molar refractivity (Wildman–Crippen MR) is 125 cm³/mol. The lowest BCUT2D eigenvalue weighted by molar-refractivity contribution is -0.0395. The molecular weight excluding hydrogens is 392 g/mol. The Labute approximate surface area is 184 Å². The number of nitrogens with zero attached hydrogens (tertiary/aromatic N) is 4. The van der Waals surface area contributed by atoms with Crippen molar-refractivity contribution < 1.29 is 4.74 Å². The van der Waals surface area contributed by atoms with E-state index in [1.165, 1.54) is 84.5 Å². The number of anilines is 1. The Morgan fingerprint density at radius 2 is 1.57 bits per heavy atom. The van der Waals surface area contributed by atoms with Crippen molar-refractivity contribution in [2.75, 3.05) is 31.1 Å². The van der Waals surface area contributed by atoms with Crippen LogP contribution in [0.15, 0.2) is 0 Å². The molecule has 3 fully saturated rings. The maximum atomic E-state index is 6.48. The number of fused-ring (bicyclic) bond motifs is 1. The van der Waals surface area contributed by atoms with Crippen LogP contribution in [-0.2, 0) is 11.3 Å². The topological polar surface area (TPSA) is 41.5 Å². The maximum Gasteiger partial charge on any atom is 0.146 e. The second kappa shape index (κ2) is 9.09. The molecule has 2 aliphatic heterocycles. The number of aryl methyl sites for hydroxylation is 2. The normalized spacial score (nSPS) is 22.4. The van der Waals surface area contributed by atoms with Crippen LogP contribution in [0.1, 0.15) is 74.1 Å². The van der Waals surface area contributed by atoms with Crippen molar-refractivity contribution in [3.05, 3.63) is 16.3 Å². The van der Waals surface area contributed by atoms with Gasteiger partial charge in [0.05, 0.1) is 24.1 Å². The zero-order chi connectivity index (χ0) is 20.5. The van der Waals surface area contributed by atoms with Crippen LogP contribution >= 0.6 is 11.3 Å². The van der Waals surface area contributed by atoms with Crippen LogP contribution in [0, 0.1) is 13.8 Å². The first-order valence-corrected chi connectivity index (χ1v) is 12.9. The molecule has 0 spiro atoms. The zero-order valence-corrected chi connectivity index (χ0v) is 19.5. The van der Waals surface area contributed by atoms with Crippen LogP contribution in [0.3, 0.4) is 0 Å². The average Bonchev–Trinajstić information content (AvgIpc) is 3.37. The summed E-state index contributed by atoms with van der Waals surface area (Å²) < 4.78 is 6.48. The molecule has 1 aliphatic carbocycles. The van der Waals surface area contributed by atoms with Gasteiger partial charge in [-0.2, -0.15) is 0 Å². The number of likely N-dealkylation sites (tertiary alicyclic amines) is 1. The molecule has 0 atom stereocenters. The first kappa shape index (κ1) is 20.7. The fourth-order valence-electron chi connectivity index (χ4n) is 5.39.